The Morgan fingerprint density at radius 3 is 2.73 bits per heavy atom. The fourth-order valence-corrected chi connectivity index (χ4v) is 3.82. The first-order chi connectivity index (χ1) is 10.7. The Morgan fingerprint density at radius 2 is 2.09 bits per heavy atom. The largest absolute Gasteiger partial charge is 0.356 e. The van der Waals surface area contributed by atoms with E-state index in [1.807, 2.05) is 7.05 Å². The zero-order valence-corrected chi connectivity index (χ0v) is 15.0. The molecule has 22 heavy (non-hydrogen) atoms. The predicted octanol–water partition coefficient (Wildman–Crippen LogP) is 3.90. The van der Waals surface area contributed by atoms with Gasteiger partial charge in [-0.1, -0.05) is 46.0 Å². The minimum atomic E-state index is 0.498. The van der Waals surface area contributed by atoms with E-state index in [-0.39, 0.29) is 0 Å². The highest BCUT2D eigenvalue weighted by Crippen LogP contribution is 2.25. The van der Waals surface area contributed by atoms with Crippen molar-refractivity contribution >= 4 is 17.3 Å². The smallest absolute Gasteiger partial charge is 0.191 e. The standard InChI is InChI=1S/C17H30N4S/c1-13(2)15-12-22-16(21-15)11-20-17(18-3)19-10-9-14-7-5-4-6-8-14/h12-14H,4-11H2,1-3H3,(H2,18,19,20). The van der Waals surface area contributed by atoms with Crippen molar-refractivity contribution < 1.29 is 0 Å². The molecule has 1 saturated carbocycles. The van der Waals surface area contributed by atoms with Crippen LogP contribution in [-0.2, 0) is 6.54 Å². The first-order valence-electron chi connectivity index (χ1n) is 8.58. The molecular formula is C17H30N4S. The monoisotopic (exact) mass is 322 g/mol. The van der Waals surface area contributed by atoms with Gasteiger partial charge in [0.2, 0.25) is 0 Å². The topological polar surface area (TPSA) is 49.3 Å². The highest BCUT2D eigenvalue weighted by Gasteiger charge is 2.13. The molecule has 5 heteroatoms. The van der Waals surface area contributed by atoms with Crippen LogP contribution in [0.15, 0.2) is 10.4 Å². The second kappa shape index (κ2) is 9.13. The number of nitrogens with zero attached hydrogens (tertiary/aromatic N) is 2. The van der Waals surface area contributed by atoms with Gasteiger partial charge < -0.3 is 10.6 Å². The molecule has 2 rings (SSSR count). The fraction of sp³-hybridized carbons (Fsp3) is 0.765. The molecule has 4 nitrogen and oxygen atoms in total. The van der Waals surface area contributed by atoms with Crippen LogP contribution in [0.1, 0.15) is 69.0 Å². The van der Waals surface area contributed by atoms with Crippen LogP contribution in [0.3, 0.4) is 0 Å². The molecule has 124 valence electrons. The second-order valence-electron chi connectivity index (χ2n) is 6.47. The number of nitrogens with one attached hydrogen (secondary N) is 2. The molecule has 0 bridgehead atoms. The van der Waals surface area contributed by atoms with E-state index >= 15 is 0 Å². The van der Waals surface area contributed by atoms with Gasteiger partial charge in [0.15, 0.2) is 5.96 Å². The van der Waals surface area contributed by atoms with Crippen molar-refractivity contribution in [2.24, 2.45) is 10.9 Å². The first kappa shape index (κ1) is 17.3. The third-order valence-corrected chi connectivity index (χ3v) is 5.23. The molecule has 0 spiro atoms. The highest BCUT2D eigenvalue weighted by molar-refractivity contribution is 7.09. The molecule has 1 fully saturated rings. The molecule has 1 aromatic heterocycles. The van der Waals surface area contributed by atoms with Crippen LogP contribution in [-0.4, -0.2) is 24.5 Å². The number of guanidine groups is 1. The average molecular weight is 323 g/mol. The second-order valence-corrected chi connectivity index (χ2v) is 7.41. The van der Waals surface area contributed by atoms with Crippen molar-refractivity contribution in [1.82, 2.24) is 15.6 Å². The Bertz CT molecular complexity index is 461. The van der Waals surface area contributed by atoms with E-state index in [2.05, 4.69) is 39.8 Å². The Morgan fingerprint density at radius 1 is 1.32 bits per heavy atom. The number of aromatic nitrogens is 1. The zero-order chi connectivity index (χ0) is 15.8. The van der Waals surface area contributed by atoms with E-state index in [1.165, 1.54) is 44.2 Å². The van der Waals surface area contributed by atoms with E-state index in [4.69, 9.17) is 0 Å². The van der Waals surface area contributed by atoms with Crippen molar-refractivity contribution in [2.45, 2.75) is 64.8 Å². The number of hydrogen-bond acceptors (Lipinski definition) is 3. The molecule has 0 amide bonds. The summed E-state index contributed by atoms with van der Waals surface area (Å²) < 4.78 is 0. The lowest BCUT2D eigenvalue weighted by Gasteiger charge is -2.22. The minimum Gasteiger partial charge on any atom is -0.356 e. The maximum absolute atomic E-state index is 4.64. The lowest BCUT2D eigenvalue weighted by atomic mass is 9.87. The molecular weight excluding hydrogens is 292 g/mol. The maximum atomic E-state index is 4.64. The van der Waals surface area contributed by atoms with Crippen LogP contribution < -0.4 is 10.6 Å². The number of rotatable bonds is 6. The van der Waals surface area contributed by atoms with E-state index < -0.39 is 0 Å². The van der Waals surface area contributed by atoms with Crippen molar-refractivity contribution in [1.29, 1.82) is 0 Å². The minimum absolute atomic E-state index is 0.498. The SMILES string of the molecule is CN=C(NCCC1CCCCC1)NCc1nc(C(C)C)cs1. The fourth-order valence-electron chi connectivity index (χ4n) is 2.92. The summed E-state index contributed by atoms with van der Waals surface area (Å²) >= 11 is 1.72. The molecule has 1 heterocycles. The molecule has 0 aliphatic heterocycles. The Labute approximate surface area is 138 Å². The van der Waals surface area contributed by atoms with Crippen LogP contribution in [0.2, 0.25) is 0 Å². The first-order valence-corrected chi connectivity index (χ1v) is 9.45. The van der Waals surface area contributed by atoms with Crippen molar-refractivity contribution in [3.8, 4) is 0 Å². The van der Waals surface area contributed by atoms with Crippen LogP contribution in [0.25, 0.3) is 0 Å². The molecule has 1 aliphatic rings. The summed E-state index contributed by atoms with van der Waals surface area (Å²) in [4.78, 5) is 8.94. The van der Waals surface area contributed by atoms with Crippen LogP contribution in [0.5, 0.6) is 0 Å². The average Bonchev–Trinajstić information content (AvgIpc) is 3.01. The van der Waals surface area contributed by atoms with E-state index in [0.717, 1.165) is 30.0 Å². The quantitative estimate of drug-likeness (QED) is 0.617. The molecule has 0 saturated heterocycles. The van der Waals surface area contributed by atoms with E-state index in [1.54, 1.807) is 11.3 Å². The maximum Gasteiger partial charge on any atom is 0.191 e. The van der Waals surface area contributed by atoms with Gasteiger partial charge in [0, 0.05) is 19.0 Å². The van der Waals surface area contributed by atoms with E-state index in [0.29, 0.717) is 5.92 Å². The highest BCUT2D eigenvalue weighted by atomic mass is 32.1. The molecule has 0 radical (unpaired) electrons. The molecule has 2 N–H and O–H groups in total. The number of hydrogen-bond donors (Lipinski definition) is 2. The van der Waals surface area contributed by atoms with E-state index in [9.17, 15) is 0 Å². The number of aliphatic imine (C=N–C) groups is 1. The molecule has 0 unspecified atom stereocenters. The molecule has 1 aliphatic carbocycles. The summed E-state index contributed by atoms with van der Waals surface area (Å²) in [5.41, 5.74) is 1.18. The Balaban J connectivity index is 1.68. The van der Waals surface area contributed by atoms with Crippen LogP contribution >= 0.6 is 11.3 Å². The summed E-state index contributed by atoms with van der Waals surface area (Å²) in [6.45, 7) is 6.12. The molecule has 1 aromatic rings. The molecule has 0 aromatic carbocycles. The van der Waals surface area contributed by atoms with Gasteiger partial charge in [-0.05, 0) is 18.3 Å². The molecule has 0 atom stereocenters. The lowest BCUT2D eigenvalue weighted by Crippen LogP contribution is -2.37. The zero-order valence-electron chi connectivity index (χ0n) is 14.2. The van der Waals surface area contributed by atoms with Gasteiger partial charge in [-0.3, -0.25) is 4.99 Å². The van der Waals surface area contributed by atoms with Gasteiger partial charge in [0.25, 0.3) is 0 Å². The van der Waals surface area contributed by atoms with Gasteiger partial charge in [0.05, 0.1) is 12.2 Å². The summed E-state index contributed by atoms with van der Waals surface area (Å²) in [7, 11) is 1.83. The van der Waals surface area contributed by atoms with Gasteiger partial charge in [0.1, 0.15) is 5.01 Å². The van der Waals surface area contributed by atoms with Gasteiger partial charge in [-0.2, -0.15) is 0 Å². The summed E-state index contributed by atoms with van der Waals surface area (Å²) in [5.74, 6) is 2.29. The number of thiazole rings is 1. The normalized spacial score (nSPS) is 17.0. The van der Waals surface area contributed by atoms with Crippen LogP contribution in [0.4, 0.5) is 0 Å². The summed E-state index contributed by atoms with van der Waals surface area (Å²) in [6, 6.07) is 0. The van der Waals surface area contributed by atoms with Crippen molar-refractivity contribution in [2.75, 3.05) is 13.6 Å². The summed E-state index contributed by atoms with van der Waals surface area (Å²) in [6.07, 6.45) is 8.34. The third-order valence-electron chi connectivity index (χ3n) is 4.36. The van der Waals surface area contributed by atoms with Gasteiger partial charge in [-0.25, -0.2) is 4.98 Å². The van der Waals surface area contributed by atoms with Gasteiger partial charge in [-0.15, -0.1) is 11.3 Å². The Hall–Kier alpha value is -1.10. The summed E-state index contributed by atoms with van der Waals surface area (Å²) in [5, 5.41) is 10.1. The lowest BCUT2D eigenvalue weighted by molar-refractivity contribution is 0.339. The predicted molar refractivity (Wildman–Crippen MR) is 95.6 cm³/mol. The van der Waals surface area contributed by atoms with Crippen molar-refractivity contribution in [3.05, 3.63) is 16.1 Å². The third kappa shape index (κ3) is 5.59. The van der Waals surface area contributed by atoms with Gasteiger partial charge >= 0.3 is 0 Å². The van der Waals surface area contributed by atoms with Crippen LogP contribution in [0, 0.1) is 5.92 Å². The Kier molecular flexibility index (Phi) is 7.16. The van der Waals surface area contributed by atoms with Crippen molar-refractivity contribution in [3.63, 3.8) is 0 Å².